The normalized spacial score (nSPS) is 17.1. The number of amides is 1. The molecule has 1 aromatic carbocycles. The van der Waals surface area contributed by atoms with Crippen molar-refractivity contribution in [2.24, 2.45) is 5.92 Å². The SMILES string of the molecule is Cc1ccc(SCC(=O)NC(C)(C#N)C2CC2)c(N)c1. The number of rotatable bonds is 5. The van der Waals surface area contributed by atoms with Gasteiger partial charge in [-0.1, -0.05) is 6.07 Å². The first-order valence-corrected chi connectivity index (χ1v) is 7.64. The van der Waals surface area contributed by atoms with Gasteiger partial charge in [-0.15, -0.1) is 11.8 Å². The number of hydrogen-bond donors (Lipinski definition) is 2. The number of thioether (sulfide) groups is 1. The lowest BCUT2D eigenvalue weighted by Gasteiger charge is -2.22. The molecule has 20 heavy (non-hydrogen) atoms. The Morgan fingerprint density at radius 2 is 2.30 bits per heavy atom. The van der Waals surface area contributed by atoms with Crippen molar-refractivity contribution in [1.82, 2.24) is 5.32 Å². The van der Waals surface area contributed by atoms with Crippen molar-refractivity contribution in [2.45, 2.75) is 37.1 Å². The van der Waals surface area contributed by atoms with Crippen LogP contribution in [-0.4, -0.2) is 17.2 Å². The third-order valence-electron chi connectivity index (χ3n) is 3.55. The van der Waals surface area contributed by atoms with Gasteiger partial charge in [-0.25, -0.2) is 0 Å². The molecule has 1 aliphatic carbocycles. The monoisotopic (exact) mass is 289 g/mol. The van der Waals surface area contributed by atoms with Crippen molar-refractivity contribution >= 4 is 23.4 Å². The molecule has 0 bridgehead atoms. The van der Waals surface area contributed by atoms with Crippen LogP contribution in [0.15, 0.2) is 23.1 Å². The maximum absolute atomic E-state index is 12.0. The van der Waals surface area contributed by atoms with Crippen LogP contribution < -0.4 is 11.1 Å². The van der Waals surface area contributed by atoms with Crippen molar-refractivity contribution in [2.75, 3.05) is 11.5 Å². The van der Waals surface area contributed by atoms with Gasteiger partial charge >= 0.3 is 0 Å². The number of hydrogen-bond acceptors (Lipinski definition) is 4. The average Bonchev–Trinajstić information content (AvgIpc) is 3.22. The zero-order valence-electron chi connectivity index (χ0n) is 11.8. The molecule has 3 N–H and O–H groups in total. The average molecular weight is 289 g/mol. The van der Waals surface area contributed by atoms with Gasteiger partial charge < -0.3 is 11.1 Å². The van der Waals surface area contributed by atoms with Crippen molar-refractivity contribution in [1.29, 1.82) is 5.26 Å². The van der Waals surface area contributed by atoms with Crippen LogP contribution in [0.2, 0.25) is 0 Å². The highest BCUT2D eigenvalue weighted by Crippen LogP contribution is 2.39. The molecule has 0 heterocycles. The molecule has 1 aromatic rings. The maximum Gasteiger partial charge on any atom is 0.231 e. The van der Waals surface area contributed by atoms with E-state index in [1.807, 2.05) is 25.1 Å². The molecule has 4 nitrogen and oxygen atoms in total. The molecular formula is C15H19N3OS. The molecule has 0 spiro atoms. The topological polar surface area (TPSA) is 78.9 Å². The van der Waals surface area contributed by atoms with Crippen LogP contribution in [0.5, 0.6) is 0 Å². The minimum atomic E-state index is -0.726. The number of benzene rings is 1. The first-order chi connectivity index (χ1) is 9.44. The Morgan fingerprint density at radius 1 is 1.60 bits per heavy atom. The zero-order valence-corrected chi connectivity index (χ0v) is 12.6. The number of nitriles is 1. The van der Waals surface area contributed by atoms with E-state index < -0.39 is 5.54 Å². The molecule has 0 aromatic heterocycles. The lowest BCUT2D eigenvalue weighted by atomic mass is 9.98. The molecule has 106 valence electrons. The molecule has 0 aliphatic heterocycles. The van der Waals surface area contributed by atoms with Crippen LogP contribution in [0.4, 0.5) is 5.69 Å². The Hall–Kier alpha value is -1.67. The molecule has 5 heteroatoms. The number of anilines is 1. The molecule has 1 saturated carbocycles. The number of carbonyl (C=O) groups is 1. The quantitative estimate of drug-likeness (QED) is 0.644. The van der Waals surface area contributed by atoms with Crippen LogP contribution >= 0.6 is 11.8 Å². The van der Waals surface area contributed by atoms with Crippen LogP contribution in [0.25, 0.3) is 0 Å². The number of nitrogens with one attached hydrogen (secondary N) is 1. The molecule has 1 aliphatic rings. The molecular weight excluding hydrogens is 270 g/mol. The summed E-state index contributed by atoms with van der Waals surface area (Å²) in [5.74, 6) is 0.453. The third-order valence-corrected chi connectivity index (χ3v) is 4.64. The fraction of sp³-hybridized carbons (Fsp3) is 0.467. The standard InChI is InChI=1S/C15H19N3OS/c1-10-3-6-13(12(17)7-10)20-8-14(19)18-15(2,9-16)11-4-5-11/h3,6-7,11H,4-5,8,17H2,1-2H3,(H,18,19). The van der Waals surface area contributed by atoms with Gasteiger partial charge in [0.05, 0.1) is 11.8 Å². The summed E-state index contributed by atoms with van der Waals surface area (Å²) in [5, 5.41) is 12.1. The number of nitrogens with zero attached hydrogens (tertiary/aromatic N) is 1. The van der Waals surface area contributed by atoms with E-state index in [1.165, 1.54) is 11.8 Å². The van der Waals surface area contributed by atoms with E-state index in [9.17, 15) is 10.1 Å². The second kappa shape index (κ2) is 5.76. The summed E-state index contributed by atoms with van der Waals surface area (Å²) in [5.41, 5.74) is 6.98. The number of nitrogen functional groups attached to an aromatic ring is 1. The minimum absolute atomic E-state index is 0.120. The number of aryl methyl sites for hydroxylation is 1. The molecule has 1 unspecified atom stereocenters. The van der Waals surface area contributed by atoms with Crippen molar-refractivity contribution in [3.8, 4) is 6.07 Å². The second-order valence-corrected chi connectivity index (χ2v) is 6.48. The van der Waals surface area contributed by atoms with Gasteiger partial charge in [-0.05, 0) is 50.3 Å². The molecule has 1 fully saturated rings. The molecule has 1 atom stereocenters. The second-order valence-electron chi connectivity index (χ2n) is 5.47. The van der Waals surface area contributed by atoms with E-state index in [4.69, 9.17) is 5.73 Å². The number of nitrogens with two attached hydrogens (primary N) is 1. The van der Waals surface area contributed by atoms with Gasteiger partial charge in [-0.3, -0.25) is 4.79 Å². The molecule has 2 rings (SSSR count). The predicted octanol–water partition coefficient (Wildman–Crippen LogP) is 2.48. The maximum atomic E-state index is 12.0. The summed E-state index contributed by atoms with van der Waals surface area (Å²) in [6.45, 7) is 3.78. The van der Waals surface area contributed by atoms with Crippen LogP contribution in [0, 0.1) is 24.2 Å². The minimum Gasteiger partial charge on any atom is -0.398 e. The van der Waals surface area contributed by atoms with E-state index in [1.54, 1.807) is 6.92 Å². The fourth-order valence-electron chi connectivity index (χ4n) is 2.15. The highest BCUT2D eigenvalue weighted by atomic mass is 32.2. The lowest BCUT2D eigenvalue weighted by molar-refractivity contribution is -0.119. The van der Waals surface area contributed by atoms with Crippen LogP contribution in [0.1, 0.15) is 25.3 Å². The molecule has 0 radical (unpaired) electrons. The highest BCUT2D eigenvalue weighted by Gasteiger charge is 2.42. The molecule has 0 saturated heterocycles. The number of carbonyl (C=O) groups excluding carboxylic acids is 1. The Morgan fingerprint density at radius 3 is 2.85 bits per heavy atom. The van der Waals surface area contributed by atoms with E-state index in [0.29, 0.717) is 11.6 Å². The Bertz CT molecular complexity index is 563. The highest BCUT2D eigenvalue weighted by molar-refractivity contribution is 8.00. The summed E-state index contributed by atoms with van der Waals surface area (Å²) < 4.78 is 0. The van der Waals surface area contributed by atoms with Crippen molar-refractivity contribution in [3.63, 3.8) is 0 Å². The largest absolute Gasteiger partial charge is 0.398 e. The first kappa shape index (κ1) is 14.7. The first-order valence-electron chi connectivity index (χ1n) is 6.66. The Labute approximate surface area is 123 Å². The smallest absolute Gasteiger partial charge is 0.231 e. The predicted molar refractivity (Wildman–Crippen MR) is 81.2 cm³/mol. The Kier molecular flexibility index (Phi) is 4.24. The van der Waals surface area contributed by atoms with Gasteiger partial charge in [0.25, 0.3) is 0 Å². The van der Waals surface area contributed by atoms with E-state index >= 15 is 0 Å². The summed E-state index contributed by atoms with van der Waals surface area (Å²) >= 11 is 1.40. The van der Waals surface area contributed by atoms with Gasteiger partial charge in [-0.2, -0.15) is 5.26 Å². The van der Waals surface area contributed by atoms with Crippen molar-refractivity contribution < 1.29 is 4.79 Å². The Balaban J connectivity index is 1.90. The summed E-state index contributed by atoms with van der Waals surface area (Å²) in [6, 6.07) is 8.01. The van der Waals surface area contributed by atoms with Crippen LogP contribution in [0.3, 0.4) is 0 Å². The summed E-state index contributed by atoms with van der Waals surface area (Å²) in [4.78, 5) is 12.9. The van der Waals surface area contributed by atoms with E-state index in [-0.39, 0.29) is 11.7 Å². The van der Waals surface area contributed by atoms with Crippen LogP contribution in [-0.2, 0) is 4.79 Å². The van der Waals surface area contributed by atoms with Crippen molar-refractivity contribution in [3.05, 3.63) is 23.8 Å². The van der Waals surface area contributed by atoms with Gasteiger partial charge in [0.2, 0.25) is 5.91 Å². The van der Waals surface area contributed by atoms with Gasteiger partial charge in [0.1, 0.15) is 5.54 Å². The molecule has 1 amide bonds. The van der Waals surface area contributed by atoms with E-state index in [2.05, 4.69) is 11.4 Å². The third kappa shape index (κ3) is 3.45. The van der Waals surface area contributed by atoms with Gasteiger partial charge in [0, 0.05) is 10.6 Å². The lowest BCUT2D eigenvalue weighted by Crippen LogP contribution is -2.47. The zero-order chi connectivity index (χ0) is 14.8. The summed E-state index contributed by atoms with van der Waals surface area (Å²) in [7, 11) is 0. The fourth-order valence-corrected chi connectivity index (χ4v) is 2.90. The van der Waals surface area contributed by atoms with E-state index in [0.717, 1.165) is 23.3 Å². The summed E-state index contributed by atoms with van der Waals surface area (Å²) in [6.07, 6.45) is 2.03. The van der Waals surface area contributed by atoms with Gasteiger partial charge in [0.15, 0.2) is 0 Å².